The minimum Gasteiger partial charge on any atom is -0.462 e. The maximum Gasteiger partial charge on any atom is 0.472 e. The molecule has 1 unspecified atom stereocenters. The fourth-order valence-electron chi connectivity index (χ4n) is 2.22. The van der Waals surface area contributed by atoms with E-state index in [1.165, 1.54) is 0 Å². The van der Waals surface area contributed by atoms with Crippen molar-refractivity contribution in [3.8, 4) is 0 Å². The topological polar surface area (TPSA) is 134 Å². The van der Waals surface area contributed by atoms with Crippen LogP contribution in [0.25, 0.3) is 0 Å². The minimum absolute atomic E-state index is 0.0550. The summed E-state index contributed by atoms with van der Waals surface area (Å²) < 4.78 is 31.6. The van der Waals surface area contributed by atoms with Crippen LogP contribution in [0.4, 0.5) is 0 Å². The van der Waals surface area contributed by atoms with Gasteiger partial charge in [0.05, 0.1) is 13.2 Å². The number of esters is 2. The number of phosphoric acid groups is 1. The Balaban J connectivity index is 4.53. The Morgan fingerprint density at radius 1 is 0.929 bits per heavy atom. The van der Waals surface area contributed by atoms with E-state index >= 15 is 0 Å². The van der Waals surface area contributed by atoms with Gasteiger partial charge in [-0.1, -0.05) is 46.0 Å². The van der Waals surface area contributed by atoms with Gasteiger partial charge in [0, 0.05) is 19.4 Å². The molecular formula is C18H36NO8P. The molecule has 0 fully saturated rings. The van der Waals surface area contributed by atoms with E-state index in [4.69, 9.17) is 19.7 Å². The van der Waals surface area contributed by atoms with Gasteiger partial charge in [-0.3, -0.25) is 18.6 Å². The van der Waals surface area contributed by atoms with Crippen molar-refractivity contribution in [2.45, 2.75) is 77.7 Å². The summed E-state index contributed by atoms with van der Waals surface area (Å²) >= 11 is 0. The molecule has 0 aliphatic carbocycles. The number of nitrogens with two attached hydrogens (primary N) is 1. The van der Waals surface area contributed by atoms with Crippen molar-refractivity contribution < 1.29 is 37.6 Å². The van der Waals surface area contributed by atoms with Gasteiger partial charge in [0.15, 0.2) is 6.10 Å². The first-order chi connectivity index (χ1) is 13.3. The molecule has 0 aliphatic heterocycles. The average Bonchev–Trinajstić information content (AvgIpc) is 2.66. The molecule has 0 saturated heterocycles. The summed E-state index contributed by atoms with van der Waals surface area (Å²) in [5, 5.41) is 0. The third-order valence-electron chi connectivity index (χ3n) is 3.74. The van der Waals surface area contributed by atoms with E-state index in [1.54, 1.807) is 0 Å². The molecule has 3 N–H and O–H groups in total. The van der Waals surface area contributed by atoms with E-state index in [0.29, 0.717) is 12.8 Å². The molecule has 0 bridgehead atoms. The molecule has 166 valence electrons. The van der Waals surface area contributed by atoms with Gasteiger partial charge in [-0.05, 0) is 12.8 Å². The first-order valence-corrected chi connectivity index (χ1v) is 11.5. The summed E-state index contributed by atoms with van der Waals surface area (Å²) in [5.74, 6) is -0.883. The Hall–Kier alpha value is -0.990. The van der Waals surface area contributed by atoms with Crippen LogP contribution in [-0.4, -0.2) is 49.3 Å². The molecule has 2 atom stereocenters. The highest BCUT2D eigenvalue weighted by atomic mass is 31.2. The zero-order valence-electron chi connectivity index (χ0n) is 17.1. The standard InChI is InChI=1S/C18H36NO8P/c1-3-5-7-9-11-18(21)27-16(14-24-17(20)10-8-6-4-2)15-26-28(22,23)25-13-12-19/h16H,3-15,19H2,1-2H3,(H,22,23)/t16-/m1/s1. The highest BCUT2D eigenvalue weighted by Crippen LogP contribution is 2.43. The molecule has 0 aromatic heterocycles. The number of carbonyl (C=O) groups excluding carboxylic acids is 2. The second-order valence-corrected chi connectivity index (χ2v) is 7.90. The zero-order valence-corrected chi connectivity index (χ0v) is 18.0. The molecule has 28 heavy (non-hydrogen) atoms. The summed E-state index contributed by atoms with van der Waals surface area (Å²) in [6.45, 7) is 3.32. The lowest BCUT2D eigenvalue weighted by molar-refractivity contribution is -0.161. The van der Waals surface area contributed by atoms with Crippen LogP contribution < -0.4 is 5.73 Å². The number of phosphoric ester groups is 1. The van der Waals surface area contributed by atoms with E-state index in [9.17, 15) is 19.0 Å². The molecule has 0 saturated carbocycles. The van der Waals surface area contributed by atoms with Crippen LogP contribution in [0.15, 0.2) is 0 Å². The van der Waals surface area contributed by atoms with Gasteiger partial charge in [0.25, 0.3) is 0 Å². The molecule has 10 heteroatoms. The predicted octanol–water partition coefficient (Wildman–Crippen LogP) is 3.08. The fraction of sp³-hybridized carbons (Fsp3) is 0.889. The highest BCUT2D eigenvalue weighted by molar-refractivity contribution is 7.47. The number of carbonyl (C=O) groups is 2. The molecule has 9 nitrogen and oxygen atoms in total. The van der Waals surface area contributed by atoms with Crippen LogP contribution in [0.2, 0.25) is 0 Å². The molecule has 0 rings (SSSR count). The van der Waals surface area contributed by atoms with Gasteiger partial charge in [0.1, 0.15) is 6.61 Å². The highest BCUT2D eigenvalue weighted by Gasteiger charge is 2.25. The fourth-order valence-corrected chi connectivity index (χ4v) is 2.98. The smallest absolute Gasteiger partial charge is 0.462 e. The van der Waals surface area contributed by atoms with Crippen LogP contribution in [0.1, 0.15) is 71.6 Å². The molecule has 0 heterocycles. The summed E-state index contributed by atoms with van der Waals surface area (Å²) in [6, 6.07) is 0. The average molecular weight is 425 g/mol. The van der Waals surface area contributed by atoms with Gasteiger partial charge < -0.3 is 20.1 Å². The molecule has 0 aliphatic rings. The molecular weight excluding hydrogens is 389 g/mol. The SMILES string of the molecule is CCCCCCC(=O)O[C@H](COC(=O)CCCCC)COP(=O)(O)OCCN. The van der Waals surface area contributed by atoms with Crippen molar-refractivity contribution in [3.05, 3.63) is 0 Å². The normalized spacial score (nSPS) is 14.3. The largest absolute Gasteiger partial charge is 0.472 e. The summed E-state index contributed by atoms with van der Waals surface area (Å²) in [4.78, 5) is 33.3. The van der Waals surface area contributed by atoms with Crippen molar-refractivity contribution in [2.24, 2.45) is 5.73 Å². The Kier molecular flexibility index (Phi) is 16.3. The van der Waals surface area contributed by atoms with Crippen LogP contribution in [0.3, 0.4) is 0 Å². The van der Waals surface area contributed by atoms with Gasteiger partial charge in [-0.2, -0.15) is 0 Å². The van der Waals surface area contributed by atoms with Gasteiger partial charge >= 0.3 is 19.8 Å². The minimum atomic E-state index is -4.32. The second-order valence-electron chi connectivity index (χ2n) is 6.45. The summed E-state index contributed by atoms with van der Waals surface area (Å²) in [5.41, 5.74) is 5.22. The predicted molar refractivity (Wildman–Crippen MR) is 105 cm³/mol. The van der Waals surface area contributed by atoms with Crippen LogP contribution >= 0.6 is 7.82 Å². The number of rotatable bonds is 18. The summed E-state index contributed by atoms with van der Waals surface area (Å²) in [7, 11) is -4.32. The molecule has 0 aromatic rings. The molecule has 0 spiro atoms. The maximum atomic E-state index is 12.0. The van der Waals surface area contributed by atoms with Crippen molar-refractivity contribution in [3.63, 3.8) is 0 Å². The van der Waals surface area contributed by atoms with E-state index in [2.05, 4.69) is 11.4 Å². The van der Waals surface area contributed by atoms with Crippen molar-refractivity contribution in [1.29, 1.82) is 0 Å². The Morgan fingerprint density at radius 3 is 2.18 bits per heavy atom. The molecule has 0 amide bonds. The van der Waals surface area contributed by atoms with Crippen molar-refractivity contribution >= 4 is 19.8 Å². The van der Waals surface area contributed by atoms with Crippen molar-refractivity contribution in [1.82, 2.24) is 0 Å². The lowest BCUT2D eigenvalue weighted by Gasteiger charge is -2.19. The Labute approximate surface area is 167 Å². The Bertz CT molecular complexity index is 475. The van der Waals surface area contributed by atoms with E-state index in [0.717, 1.165) is 32.1 Å². The van der Waals surface area contributed by atoms with Gasteiger partial charge in [0.2, 0.25) is 0 Å². The summed E-state index contributed by atoms with van der Waals surface area (Å²) in [6.07, 6.45) is 5.80. The van der Waals surface area contributed by atoms with Crippen molar-refractivity contribution in [2.75, 3.05) is 26.4 Å². The van der Waals surface area contributed by atoms with E-state index in [1.807, 2.05) is 6.92 Å². The van der Waals surface area contributed by atoms with E-state index < -0.39 is 32.5 Å². The van der Waals surface area contributed by atoms with Crippen LogP contribution in [0, 0.1) is 0 Å². The first kappa shape index (κ1) is 27.0. The lowest BCUT2D eigenvalue weighted by Crippen LogP contribution is -2.29. The lowest BCUT2D eigenvalue weighted by atomic mass is 10.1. The number of unbranched alkanes of at least 4 members (excludes halogenated alkanes) is 5. The third kappa shape index (κ3) is 16.0. The maximum absolute atomic E-state index is 12.0. The third-order valence-corrected chi connectivity index (χ3v) is 4.73. The van der Waals surface area contributed by atoms with Gasteiger partial charge in [-0.15, -0.1) is 0 Å². The molecule has 0 radical (unpaired) electrons. The number of ether oxygens (including phenoxy) is 2. The monoisotopic (exact) mass is 425 g/mol. The number of hydrogen-bond acceptors (Lipinski definition) is 8. The van der Waals surface area contributed by atoms with Crippen LogP contribution in [0.5, 0.6) is 0 Å². The van der Waals surface area contributed by atoms with E-state index in [-0.39, 0.29) is 32.6 Å². The second kappa shape index (κ2) is 16.9. The molecule has 0 aromatic carbocycles. The first-order valence-electron chi connectivity index (χ1n) is 10.0. The number of hydrogen-bond donors (Lipinski definition) is 2. The Morgan fingerprint density at radius 2 is 1.54 bits per heavy atom. The van der Waals surface area contributed by atoms with Gasteiger partial charge in [-0.25, -0.2) is 4.57 Å². The zero-order chi connectivity index (χ0) is 21.3. The van der Waals surface area contributed by atoms with Crippen LogP contribution in [-0.2, 0) is 32.7 Å². The quantitative estimate of drug-likeness (QED) is 0.193.